The molecule has 0 bridgehead atoms. The molecule has 0 aliphatic rings. The average Bonchev–Trinajstić information content (AvgIpc) is 1.87. The number of carbonyl (C=O) groups excluding carboxylic acids is 1. The number of alkyl halides is 1. The Labute approximate surface area is 74.9 Å². The topological polar surface area (TPSA) is 55.4 Å². The van der Waals surface area contributed by atoms with E-state index in [1.54, 1.807) is 0 Å². The molecule has 0 heterocycles. The summed E-state index contributed by atoms with van der Waals surface area (Å²) >= 11 is 10.8. The molecule has 0 aliphatic carbocycles. The van der Waals surface area contributed by atoms with E-state index in [2.05, 4.69) is 4.99 Å². The minimum absolute atomic E-state index is 0.0484. The third kappa shape index (κ3) is 4.01. The van der Waals surface area contributed by atoms with Crippen molar-refractivity contribution >= 4 is 35.3 Å². The number of amides is 1. The van der Waals surface area contributed by atoms with Crippen molar-refractivity contribution in [2.24, 2.45) is 10.7 Å². The van der Waals surface area contributed by atoms with Gasteiger partial charge in [0.2, 0.25) is 0 Å². The highest BCUT2D eigenvalue weighted by molar-refractivity contribution is 6.31. The van der Waals surface area contributed by atoms with Crippen molar-refractivity contribution < 1.29 is 4.79 Å². The van der Waals surface area contributed by atoms with Gasteiger partial charge in [0.05, 0.1) is 5.88 Å². The average molecular weight is 195 g/mol. The number of primary amides is 1. The summed E-state index contributed by atoms with van der Waals surface area (Å²) in [4.78, 5) is 14.2. The van der Waals surface area contributed by atoms with E-state index < -0.39 is 5.91 Å². The molecular weight excluding hydrogens is 187 g/mol. The van der Waals surface area contributed by atoms with Gasteiger partial charge in [-0.3, -0.25) is 9.79 Å². The van der Waals surface area contributed by atoms with Crippen LogP contribution in [0.2, 0.25) is 0 Å². The van der Waals surface area contributed by atoms with Gasteiger partial charge in [0.25, 0.3) is 5.91 Å². The molecule has 0 saturated heterocycles. The summed E-state index contributed by atoms with van der Waals surface area (Å²) in [5, 5.41) is 0.263. The first-order valence-electron chi connectivity index (χ1n) is 2.84. The second-order valence-corrected chi connectivity index (χ2v) is 2.59. The van der Waals surface area contributed by atoms with Gasteiger partial charge < -0.3 is 5.73 Å². The first-order valence-corrected chi connectivity index (χ1v) is 3.75. The molecule has 2 N–H and O–H groups in total. The fourth-order valence-corrected chi connectivity index (χ4v) is 0.659. The lowest BCUT2D eigenvalue weighted by Gasteiger charge is -1.94. The van der Waals surface area contributed by atoms with E-state index in [-0.39, 0.29) is 16.6 Å². The second-order valence-electron chi connectivity index (χ2n) is 1.71. The van der Waals surface area contributed by atoms with Gasteiger partial charge >= 0.3 is 0 Å². The van der Waals surface area contributed by atoms with Crippen molar-refractivity contribution in [3.8, 4) is 0 Å². The largest absolute Gasteiger partial charge is 0.364 e. The smallest absolute Gasteiger partial charge is 0.268 e. The standard InChI is InChI=1S/C6H8Cl2N2O/c1-4(8)5(6(9)11)10-3-2-7/h3H,2H2,1H3,(H2,9,11)/b5-4+,10-3?. The van der Waals surface area contributed by atoms with Crippen molar-refractivity contribution in [3.63, 3.8) is 0 Å². The highest BCUT2D eigenvalue weighted by Crippen LogP contribution is 2.08. The van der Waals surface area contributed by atoms with Crippen LogP contribution in [0.15, 0.2) is 15.7 Å². The molecule has 11 heavy (non-hydrogen) atoms. The molecule has 3 nitrogen and oxygen atoms in total. The van der Waals surface area contributed by atoms with Crippen LogP contribution >= 0.6 is 23.2 Å². The Balaban J connectivity index is 4.51. The van der Waals surface area contributed by atoms with Gasteiger partial charge in [-0.05, 0) is 6.92 Å². The fourth-order valence-electron chi connectivity index (χ4n) is 0.448. The van der Waals surface area contributed by atoms with Gasteiger partial charge in [0.15, 0.2) is 0 Å². The summed E-state index contributed by atoms with van der Waals surface area (Å²) in [6.07, 6.45) is 1.35. The van der Waals surface area contributed by atoms with Crippen LogP contribution in [0.4, 0.5) is 0 Å². The van der Waals surface area contributed by atoms with Crippen molar-refractivity contribution in [3.05, 3.63) is 10.7 Å². The van der Waals surface area contributed by atoms with Crippen LogP contribution < -0.4 is 5.73 Å². The number of carbonyl (C=O) groups is 1. The van der Waals surface area contributed by atoms with Crippen LogP contribution in [0.1, 0.15) is 6.92 Å². The van der Waals surface area contributed by atoms with Crippen LogP contribution in [0.25, 0.3) is 0 Å². The zero-order valence-electron chi connectivity index (χ0n) is 5.97. The number of allylic oxidation sites excluding steroid dienone is 1. The van der Waals surface area contributed by atoms with Gasteiger partial charge in [-0.2, -0.15) is 0 Å². The third-order valence-electron chi connectivity index (χ3n) is 0.849. The first-order chi connectivity index (χ1) is 5.09. The van der Waals surface area contributed by atoms with Crippen molar-refractivity contribution in [1.29, 1.82) is 0 Å². The first kappa shape index (κ1) is 10.5. The van der Waals surface area contributed by atoms with Gasteiger partial charge in [-0.15, -0.1) is 11.6 Å². The van der Waals surface area contributed by atoms with Crippen LogP contribution in [0.3, 0.4) is 0 Å². The van der Waals surface area contributed by atoms with E-state index in [0.29, 0.717) is 0 Å². The molecule has 0 aromatic rings. The maximum atomic E-state index is 10.6. The monoisotopic (exact) mass is 194 g/mol. The minimum atomic E-state index is -0.654. The minimum Gasteiger partial charge on any atom is -0.364 e. The SMILES string of the molecule is C/C(Cl)=C(\N=CCCl)C(N)=O. The van der Waals surface area contributed by atoms with Gasteiger partial charge in [0.1, 0.15) is 5.70 Å². The number of hydrogen-bond donors (Lipinski definition) is 1. The summed E-state index contributed by atoms with van der Waals surface area (Å²) < 4.78 is 0. The molecule has 0 aliphatic heterocycles. The fraction of sp³-hybridized carbons (Fsp3) is 0.333. The second kappa shape index (κ2) is 5.16. The van der Waals surface area contributed by atoms with E-state index in [4.69, 9.17) is 28.9 Å². The lowest BCUT2D eigenvalue weighted by atomic mass is 10.4. The number of nitrogens with zero attached hydrogens (tertiary/aromatic N) is 1. The normalized spacial score (nSPS) is 13.4. The summed E-state index contributed by atoms with van der Waals surface area (Å²) in [5.41, 5.74) is 4.99. The molecule has 5 heteroatoms. The molecular formula is C6H8Cl2N2O. The predicted molar refractivity (Wildman–Crippen MR) is 47.0 cm³/mol. The van der Waals surface area contributed by atoms with Crippen molar-refractivity contribution in [1.82, 2.24) is 0 Å². The van der Waals surface area contributed by atoms with Crippen LogP contribution in [0, 0.1) is 0 Å². The Morgan fingerprint density at radius 3 is 2.55 bits per heavy atom. The predicted octanol–water partition coefficient (Wildman–Crippen LogP) is 1.25. The quantitative estimate of drug-likeness (QED) is 0.411. The number of nitrogens with two attached hydrogens (primary N) is 1. The Morgan fingerprint density at radius 2 is 2.27 bits per heavy atom. The Morgan fingerprint density at radius 1 is 1.73 bits per heavy atom. The molecule has 0 aromatic heterocycles. The molecule has 62 valence electrons. The molecule has 0 unspecified atom stereocenters. The summed E-state index contributed by atoms with van der Waals surface area (Å²) in [5.74, 6) is -0.431. The highest BCUT2D eigenvalue weighted by Gasteiger charge is 2.04. The maximum Gasteiger partial charge on any atom is 0.268 e. The van der Waals surface area contributed by atoms with Crippen molar-refractivity contribution in [2.75, 3.05) is 5.88 Å². The maximum absolute atomic E-state index is 10.6. The third-order valence-corrected chi connectivity index (χ3v) is 1.17. The van der Waals surface area contributed by atoms with Gasteiger partial charge in [-0.1, -0.05) is 11.6 Å². The molecule has 0 atom stereocenters. The summed E-state index contributed by atoms with van der Waals surface area (Å²) in [7, 11) is 0. The van der Waals surface area contributed by atoms with Gasteiger partial charge in [-0.25, -0.2) is 0 Å². The number of halogens is 2. The van der Waals surface area contributed by atoms with Crippen LogP contribution in [-0.4, -0.2) is 18.0 Å². The van der Waals surface area contributed by atoms with E-state index in [0.717, 1.165) is 0 Å². The number of aliphatic imine (C=N–C) groups is 1. The Kier molecular flexibility index (Phi) is 4.90. The highest BCUT2D eigenvalue weighted by atomic mass is 35.5. The molecule has 1 amide bonds. The van der Waals surface area contributed by atoms with E-state index in [9.17, 15) is 4.79 Å². The molecule has 0 saturated carbocycles. The summed E-state index contributed by atoms with van der Waals surface area (Å²) in [6.45, 7) is 1.53. The van der Waals surface area contributed by atoms with Gasteiger partial charge in [0, 0.05) is 11.2 Å². The lowest BCUT2D eigenvalue weighted by Crippen LogP contribution is -2.13. The van der Waals surface area contributed by atoms with Crippen molar-refractivity contribution in [2.45, 2.75) is 6.92 Å². The lowest BCUT2D eigenvalue weighted by molar-refractivity contribution is -0.114. The van der Waals surface area contributed by atoms with E-state index in [1.807, 2.05) is 0 Å². The van der Waals surface area contributed by atoms with E-state index in [1.165, 1.54) is 13.1 Å². The number of hydrogen-bond acceptors (Lipinski definition) is 2. The molecule has 0 radical (unpaired) electrons. The molecule has 0 fully saturated rings. The van der Waals surface area contributed by atoms with E-state index >= 15 is 0 Å². The Bertz CT molecular complexity index is 207. The zero-order chi connectivity index (χ0) is 8.85. The zero-order valence-corrected chi connectivity index (χ0v) is 7.49. The Hall–Kier alpha value is -0.540. The van der Waals surface area contributed by atoms with Crippen LogP contribution in [-0.2, 0) is 4.79 Å². The number of rotatable bonds is 3. The molecule has 0 spiro atoms. The summed E-state index contributed by atoms with van der Waals surface area (Å²) in [6, 6.07) is 0. The van der Waals surface area contributed by atoms with Crippen LogP contribution in [0.5, 0.6) is 0 Å². The molecule has 0 rings (SSSR count). The molecule has 0 aromatic carbocycles.